The lowest BCUT2D eigenvalue weighted by atomic mass is 10.0. The number of rotatable bonds is 7. The maximum Gasteiger partial charge on any atom is 0.141 e. The fourth-order valence-electron chi connectivity index (χ4n) is 1.86. The first-order chi connectivity index (χ1) is 8.58. The molecule has 1 aromatic carbocycles. The van der Waals surface area contributed by atoms with Crippen LogP contribution in [0.2, 0.25) is 10.0 Å². The minimum atomic E-state index is 0.273. The van der Waals surface area contributed by atoms with Gasteiger partial charge < -0.3 is 10.5 Å². The fourth-order valence-corrected chi connectivity index (χ4v) is 2.45. The van der Waals surface area contributed by atoms with Crippen LogP contribution in [0.1, 0.15) is 38.7 Å². The Morgan fingerprint density at radius 3 is 2.61 bits per heavy atom. The molecular formula is C14H21Cl2NO. The molecule has 102 valence electrons. The van der Waals surface area contributed by atoms with Crippen LogP contribution in [0.15, 0.2) is 12.1 Å². The zero-order valence-corrected chi connectivity index (χ0v) is 12.5. The van der Waals surface area contributed by atoms with Crippen LogP contribution >= 0.6 is 23.2 Å². The molecule has 0 aromatic heterocycles. The van der Waals surface area contributed by atoms with Crippen LogP contribution in [0.4, 0.5) is 0 Å². The van der Waals surface area contributed by atoms with Crippen LogP contribution in [0, 0.1) is 0 Å². The Kier molecular flexibility index (Phi) is 6.83. The summed E-state index contributed by atoms with van der Waals surface area (Å²) in [6.45, 7) is 4.65. The van der Waals surface area contributed by atoms with E-state index in [4.69, 9.17) is 33.7 Å². The maximum absolute atomic E-state index is 6.15. The maximum atomic E-state index is 6.15. The minimum Gasteiger partial charge on any atom is -0.492 e. The highest BCUT2D eigenvalue weighted by molar-refractivity contribution is 6.35. The first-order valence-corrected chi connectivity index (χ1v) is 7.20. The Hall–Kier alpha value is -0.440. The van der Waals surface area contributed by atoms with Crippen molar-refractivity contribution in [2.75, 3.05) is 6.61 Å². The van der Waals surface area contributed by atoms with Crippen molar-refractivity contribution < 1.29 is 4.74 Å². The van der Waals surface area contributed by atoms with Gasteiger partial charge in [0.25, 0.3) is 0 Å². The van der Waals surface area contributed by atoms with Crippen LogP contribution in [-0.2, 0) is 6.42 Å². The zero-order valence-electron chi connectivity index (χ0n) is 11.0. The van der Waals surface area contributed by atoms with Crippen molar-refractivity contribution in [1.82, 2.24) is 0 Å². The van der Waals surface area contributed by atoms with Gasteiger partial charge in [-0.05, 0) is 50.3 Å². The van der Waals surface area contributed by atoms with Gasteiger partial charge in [-0.1, -0.05) is 30.1 Å². The van der Waals surface area contributed by atoms with E-state index in [9.17, 15) is 0 Å². The Balaban J connectivity index is 2.73. The van der Waals surface area contributed by atoms with Gasteiger partial charge in [-0.3, -0.25) is 0 Å². The smallest absolute Gasteiger partial charge is 0.141 e. The van der Waals surface area contributed by atoms with Crippen LogP contribution in [0.25, 0.3) is 0 Å². The molecule has 0 aliphatic carbocycles. The van der Waals surface area contributed by atoms with Crippen LogP contribution in [0.5, 0.6) is 5.75 Å². The van der Waals surface area contributed by atoms with E-state index in [1.54, 1.807) is 6.07 Å². The number of ether oxygens (including phenoxy) is 1. The largest absolute Gasteiger partial charge is 0.492 e. The molecule has 2 N–H and O–H groups in total. The lowest BCUT2D eigenvalue weighted by Gasteiger charge is -2.14. The predicted octanol–water partition coefficient (Wildman–Crippen LogP) is 4.45. The van der Waals surface area contributed by atoms with Crippen molar-refractivity contribution in [3.05, 3.63) is 27.7 Å². The SMILES string of the molecule is CCOc1c(Cl)cc(Cl)cc1CCCC(N)CC. The third kappa shape index (κ3) is 4.68. The summed E-state index contributed by atoms with van der Waals surface area (Å²) in [6, 6.07) is 3.92. The highest BCUT2D eigenvalue weighted by Crippen LogP contribution is 2.33. The molecule has 0 bridgehead atoms. The standard InChI is InChI=1S/C14H21Cl2NO/c1-3-12(17)7-5-6-10-8-11(15)9-13(16)14(10)18-4-2/h8-9,12H,3-7,17H2,1-2H3. The first kappa shape index (κ1) is 15.6. The molecule has 0 heterocycles. The number of hydrogen-bond acceptors (Lipinski definition) is 2. The molecule has 0 spiro atoms. The van der Waals surface area contributed by atoms with Crippen molar-refractivity contribution in [2.45, 2.75) is 45.6 Å². The molecule has 0 aliphatic rings. The van der Waals surface area contributed by atoms with Gasteiger partial charge in [0.05, 0.1) is 11.6 Å². The van der Waals surface area contributed by atoms with Crippen LogP contribution in [-0.4, -0.2) is 12.6 Å². The van der Waals surface area contributed by atoms with E-state index in [1.165, 1.54) is 0 Å². The summed E-state index contributed by atoms with van der Waals surface area (Å²) in [7, 11) is 0. The summed E-state index contributed by atoms with van der Waals surface area (Å²) in [5, 5.41) is 1.23. The summed E-state index contributed by atoms with van der Waals surface area (Å²) in [6.07, 6.45) is 3.93. The molecule has 0 radical (unpaired) electrons. The Bertz CT molecular complexity index is 382. The highest BCUT2D eigenvalue weighted by Gasteiger charge is 2.10. The van der Waals surface area contributed by atoms with E-state index >= 15 is 0 Å². The molecule has 0 saturated heterocycles. The molecule has 4 heteroatoms. The number of halogens is 2. The summed E-state index contributed by atoms with van der Waals surface area (Å²) >= 11 is 12.2. The van der Waals surface area contributed by atoms with E-state index in [2.05, 4.69) is 6.92 Å². The molecule has 1 unspecified atom stereocenters. The summed E-state index contributed by atoms with van der Waals surface area (Å²) in [4.78, 5) is 0. The normalized spacial score (nSPS) is 12.5. The second-order valence-corrected chi connectivity index (χ2v) is 5.21. The molecule has 0 saturated carbocycles. The average molecular weight is 290 g/mol. The predicted molar refractivity (Wildman–Crippen MR) is 78.8 cm³/mol. The quantitative estimate of drug-likeness (QED) is 0.805. The third-order valence-electron chi connectivity index (χ3n) is 2.92. The Labute approximate surface area is 119 Å². The van der Waals surface area contributed by atoms with Gasteiger partial charge in [-0.25, -0.2) is 0 Å². The second kappa shape index (κ2) is 7.88. The summed E-state index contributed by atoms with van der Waals surface area (Å²) in [5.41, 5.74) is 6.98. The van der Waals surface area contributed by atoms with Gasteiger partial charge in [-0.2, -0.15) is 0 Å². The molecule has 1 aromatic rings. The highest BCUT2D eigenvalue weighted by atomic mass is 35.5. The lowest BCUT2D eigenvalue weighted by Crippen LogP contribution is -2.18. The summed E-state index contributed by atoms with van der Waals surface area (Å²) in [5.74, 6) is 0.758. The summed E-state index contributed by atoms with van der Waals surface area (Å²) < 4.78 is 5.58. The third-order valence-corrected chi connectivity index (χ3v) is 3.42. The monoisotopic (exact) mass is 289 g/mol. The molecule has 1 atom stereocenters. The van der Waals surface area contributed by atoms with Gasteiger partial charge in [0.15, 0.2) is 0 Å². The fraction of sp³-hybridized carbons (Fsp3) is 0.571. The van der Waals surface area contributed by atoms with E-state index < -0.39 is 0 Å². The lowest BCUT2D eigenvalue weighted by molar-refractivity contribution is 0.336. The average Bonchev–Trinajstić information content (AvgIpc) is 2.33. The van der Waals surface area contributed by atoms with E-state index in [1.807, 2.05) is 13.0 Å². The number of hydrogen-bond donors (Lipinski definition) is 1. The molecular weight excluding hydrogens is 269 g/mol. The van der Waals surface area contributed by atoms with E-state index in [-0.39, 0.29) is 6.04 Å². The van der Waals surface area contributed by atoms with Crippen molar-refractivity contribution in [1.29, 1.82) is 0 Å². The van der Waals surface area contributed by atoms with Crippen molar-refractivity contribution in [3.63, 3.8) is 0 Å². The Morgan fingerprint density at radius 1 is 1.28 bits per heavy atom. The van der Waals surface area contributed by atoms with Gasteiger partial charge in [0, 0.05) is 11.1 Å². The molecule has 2 nitrogen and oxygen atoms in total. The minimum absolute atomic E-state index is 0.273. The van der Waals surface area contributed by atoms with Gasteiger partial charge >= 0.3 is 0 Å². The van der Waals surface area contributed by atoms with E-state index in [0.29, 0.717) is 16.7 Å². The second-order valence-electron chi connectivity index (χ2n) is 4.37. The number of benzene rings is 1. The number of nitrogens with two attached hydrogens (primary N) is 1. The van der Waals surface area contributed by atoms with E-state index in [0.717, 1.165) is 37.0 Å². The van der Waals surface area contributed by atoms with Gasteiger partial charge in [0.2, 0.25) is 0 Å². The first-order valence-electron chi connectivity index (χ1n) is 6.44. The van der Waals surface area contributed by atoms with Crippen molar-refractivity contribution in [3.8, 4) is 5.75 Å². The topological polar surface area (TPSA) is 35.2 Å². The Morgan fingerprint density at radius 2 is 2.00 bits per heavy atom. The van der Waals surface area contributed by atoms with Crippen LogP contribution in [0.3, 0.4) is 0 Å². The molecule has 0 fully saturated rings. The van der Waals surface area contributed by atoms with Crippen LogP contribution < -0.4 is 10.5 Å². The number of aryl methyl sites for hydroxylation is 1. The van der Waals surface area contributed by atoms with Crippen molar-refractivity contribution >= 4 is 23.2 Å². The molecule has 0 aliphatic heterocycles. The molecule has 0 amide bonds. The van der Waals surface area contributed by atoms with Crippen molar-refractivity contribution in [2.24, 2.45) is 5.73 Å². The zero-order chi connectivity index (χ0) is 13.5. The van der Waals surface area contributed by atoms with Gasteiger partial charge in [-0.15, -0.1) is 0 Å². The van der Waals surface area contributed by atoms with Gasteiger partial charge in [0.1, 0.15) is 5.75 Å². The molecule has 18 heavy (non-hydrogen) atoms. The molecule has 1 rings (SSSR count).